The highest BCUT2D eigenvalue weighted by Crippen LogP contribution is 2.28. The first kappa shape index (κ1) is 22.4. The van der Waals surface area contributed by atoms with Crippen molar-refractivity contribution in [3.8, 4) is 17.5 Å². The molecule has 2 aromatic heterocycles. The van der Waals surface area contributed by atoms with Gasteiger partial charge >= 0.3 is 0 Å². The molecule has 4 aromatic rings. The summed E-state index contributed by atoms with van der Waals surface area (Å²) in [4.78, 5) is 14.8. The second-order valence-electron chi connectivity index (χ2n) is 7.35. The zero-order valence-corrected chi connectivity index (χ0v) is 19.0. The van der Waals surface area contributed by atoms with Crippen molar-refractivity contribution in [1.29, 1.82) is 5.26 Å². The van der Waals surface area contributed by atoms with E-state index in [1.165, 1.54) is 11.8 Å². The number of anilines is 1. The Bertz CT molecular complexity index is 1240. The van der Waals surface area contributed by atoms with E-state index in [0.717, 1.165) is 22.6 Å². The van der Waals surface area contributed by atoms with Crippen LogP contribution in [-0.2, 0) is 11.3 Å². The van der Waals surface area contributed by atoms with Crippen molar-refractivity contribution in [3.63, 3.8) is 0 Å². The lowest BCUT2D eigenvalue weighted by Gasteiger charge is -2.21. The minimum Gasteiger partial charge on any atom is -0.469 e. The Morgan fingerprint density at radius 1 is 1.09 bits per heavy atom. The third-order valence-corrected chi connectivity index (χ3v) is 6.09. The number of para-hydroxylation sites is 1. The first-order chi connectivity index (χ1) is 16.2. The van der Waals surface area contributed by atoms with Crippen LogP contribution in [0.15, 0.2) is 82.6 Å². The molecule has 2 aromatic carbocycles. The molecule has 0 aliphatic carbocycles. The normalized spacial score (nSPS) is 10.7. The largest absolute Gasteiger partial charge is 0.469 e. The summed E-state index contributed by atoms with van der Waals surface area (Å²) < 4.78 is 7.48. The molecular formula is C25H23N5O2S. The lowest BCUT2D eigenvalue weighted by molar-refractivity contribution is -0.116. The van der Waals surface area contributed by atoms with Gasteiger partial charge in [0.1, 0.15) is 5.76 Å². The van der Waals surface area contributed by atoms with Gasteiger partial charge in [0.2, 0.25) is 5.91 Å². The summed E-state index contributed by atoms with van der Waals surface area (Å²) in [6.45, 7) is 2.80. The number of carbonyl (C=O) groups is 1. The smallest absolute Gasteiger partial charge is 0.237 e. The van der Waals surface area contributed by atoms with Crippen LogP contribution >= 0.6 is 11.8 Å². The molecule has 4 rings (SSSR count). The van der Waals surface area contributed by atoms with Gasteiger partial charge in [0, 0.05) is 12.2 Å². The predicted octanol–water partition coefficient (Wildman–Crippen LogP) is 4.93. The molecule has 2 heterocycles. The van der Waals surface area contributed by atoms with Gasteiger partial charge in [-0.15, -0.1) is 10.2 Å². The highest BCUT2D eigenvalue weighted by Gasteiger charge is 2.21. The standard InChI is InChI=1S/C25H23N5O2S/c1-19-22(13-16-32-19)24-27-28-25(30(24)17-20-9-4-2-5-10-20)33-18-23(31)29(15-8-14-26)21-11-6-3-7-12-21/h2-7,9-13,16H,8,15,17-18H2,1H3. The van der Waals surface area contributed by atoms with Gasteiger partial charge in [0.05, 0.1) is 36.6 Å². The molecule has 0 aliphatic heterocycles. The zero-order chi connectivity index (χ0) is 23.0. The Hall–Kier alpha value is -3.83. The van der Waals surface area contributed by atoms with Gasteiger partial charge in [0.25, 0.3) is 0 Å². The minimum absolute atomic E-state index is 0.0863. The average Bonchev–Trinajstić information content (AvgIpc) is 3.44. The number of rotatable bonds is 9. The van der Waals surface area contributed by atoms with Gasteiger partial charge in [-0.1, -0.05) is 60.3 Å². The summed E-state index contributed by atoms with van der Waals surface area (Å²) in [6, 6.07) is 23.5. The zero-order valence-electron chi connectivity index (χ0n) is 18.2. The summed E-state index contributed by atoms with van der Waals surface area (Å²) in [5, 5.41) is 18.5. The number of aryl methyl sites for hydroxylation is 1. The maximum absolute atomic E-state index is 13.1. The maximum Gasteiger partial charge on any atom is 0.237 e. The molecule has 1 amide bonds. The van der Waals surface area contributed by atoms with E-state index in [4.69, 9.17) is 9.68 Å². The van der Waals surface area contributed by atoms with Gasteiger partial charge in [-0.2, -0.15) is 5.26 Å². The van der Waals surface area contributed by atoms with Gasteiger partial charge < -0.3 is 9.32 Å². The van der Waals surface area contributed by atoms with Crippen molar-refractivity contribution in [1.82, 2.24) is 14.8 Å². The minimum atomic E-state index is -0.0863. The summed E-state index contributed by atoms with van der Waals surface area (Å²) in [6.07, 6.45) is 1.90. The van der Waals surface area contributed by atoms with E-state index in [9.17, 15) is 4.79 Å². The van der Waals surface area contributed by atoms with Crippen molar-refractivity contribution >= 4 is 23.4 Å². The van der Waals surface area contributed by atoms with Crippen LogP contribution in [0.3, 0.4) is 0 Å². The Morgan fingerprint density at radius 2 is 1.82 bits per heavy atom. The van der Waals surface area contributed by atoms with Crippen molar-refractivity contribution in [2.24, 2.45) is 0 Å². The molecule has 0 atom stereocenters. The molecule has 0 saturated carbocycles. The van der Waals surface area contributed by atoms with Gasteiger partial charge in [-0.3, -0.25) is 9.36 Å². The maximum atomic E-state index is 13.1. The number of nitriles is 1. The van der Waals surface area contributed by atoms with Crippen LogP contribution in [0.4, 0.5) is 5.69 Å². The van der Waals surface area contributed by atoms with Crippen LogP contribution in [0.5, 0.6) is 0 Å². The van der Waals surface area contributed by atoms with E-state index in [-0.39, 0.29) is 18.1 Å². The van der Waals surface area contributed by atoms with Crippen LogP contribution in [0.2, 0.25) is 0 Å². The Morgan fingerprint density at radius 3 is 2.48 bits per heavy atom. The first-order valence-electron chi connectivity index (χ1n) is 10.5. The number of thioether (sulfide) groups is 1. The molecule has 0 spiro atoms. The van der Waals surface area contributed by atoms with Crippen molar-refractivity contribution in [2.75, 3.05) is 17.2 Å². The van der Waals surface area contributed by atoms with E-state index in [1.54, 1.807) is 11.2 Å². The summed E-state index contributed by atoms with van der Waals surface area (Å²) in [5.74, 6) is 1.55. The Balaban J connectivity index is 1.58. The topological polar surface area (TPSA) is 88.0 Å². The summed E-state index contributed by atoms with van der Waals surface area (Å²) in [5.41, 5.74) is 2.75. The van der Waals surface area contributed by atoms with E-state index in [0.29, 0.717) is 24.1 Å². The van der Waals surface area contributed by atoms with Crippen molar-refractivity contribution in [2.45, 2.75) is 25.0 Å². The molecule has 0 aliphatic rings. The van der Waals surface area contributed by atoms with Crippen LogP contribution in [0, 0.1) is 18.3 Å². The summed E-state index contributed by atoms with van der Waals surface area (Å²) >= 11 is 1.34. The molecule has 0 radical (unpaired) electrons. The molecule has 0 bridgehead atoms. The molecule has 166 valence electrons. The highest BCUT2D eigenvalue weighted by molar-refractivity contribution is 7.99. The first-order valence-corrected chi connectivity index (χ1v) is 11.5. The fraction of sp³-hybridized carbons (Fsp3) is 0.200. The number of amides is 1. The van der Waals surface area contributed by atoms with Crippen molar-refractivity contribution in [3.05, 3.63) is 84.3 Å². The Kier molecular flexibility index (Phi) is 7.22. The van der Waals surface area contributed by atoms with E-state index in [2.05, 4.69) is 16.3 Å². The molecule has 7 nitrogen and oxygen atoms in total. The summed E-state index contributed by atoms with van der Waals surface area (Å²) in [7, 11) is 0. The lowest BCUT2D eigenvalue weighted by atomic mass is 10.2. The van der Waals surface area contributed by atoms with E-state index in [1.807, 2.05) is 78.2 Å². The second-order valence-corrected chi connectivity index (χ2v) is 8.29. The molecular weight excluding hydrogens is 434 g/mol. The quantitative estimate of drug-likeness (QED) is 0.331. The molecule has 0 saturated heterocycles. The van der Waals surface area contributed by atoms with Crippen LogP contribution in [0.25, 0.3) is 11.4 Å². The highest BCUT2D eigenvalue weighted by atomic mass is 32.2. The van der Waals surface area contributed by atoms with E-state index < -0.39 is 0 Å². The number of benzene rings is 2. The third-order valence-electron chi connectivity index (χ3n) is 5.14. The molecule has 0 fully saturated rings. The predicted molar refractivity (Wildman–Crippen MR) is 128 cm³/mol. The number of carbonyl (C=O) groups excluding carboxylic acids is 1. The molecule has 0 unspecified atom stereocenters. The molecule has 0 N–H and O–H groups in total. The van der Waals surface area contributed by atoms with Crippen LogP contribution < -0.4 is 4.90 Å². The van der Waals surface area contributed by atoms with Crippen molar-refractivity contribution < 1.29 is 9.21 Å². The fourth-order valence-corrected chi connectivity index (χ4v) is 4.31. The average molecular weight is 458 g/mol. The lowest BCUT2D eigenvalue weighted by Crippen LogP contribution is -2.33. The van der Waals surface area contributed by atoms with Gasteiger partial charge in [0.15, 0.2) is 11.0 Å². The van der Waals surface area contributed by atoms with E-state index >= 15 is 0 Å². The van der Waals surface area contributed by atoms with Gasteiger partial charge in [-0.25, -0.2) is 0 Å². The molecule has 8 heteroatoms. The number of hydrogen-bond donors (Lipinski definition) is 0. The molecule has 33 heavy (non-hydrogen) atoms. The number of hydrogen-bond acceptors (Lipinski definition) is 6. The Labute approximate surface area is 196 Å². The SMILES string of the molecule is Cc1occc1-c1nnc(SCC(=O)N(CCC#N)c2ccccc2)n1Cc1ccccc1. The third kappa shape index (κ3) is 5.33. The fourth-order valence-electron chi connectivity index (χ4n) is 3.49. The number of furan rings is 1. The monoisotopic (exact) mass is 457 g/mol. The van der Waals surface area contributed by atoms with Crippen LogP contribution in [0.1, 0.15) is 17.7 Å². The number of aromatic nitrogens is 3. The number of nitrogens with zero attached hydrogens (tertiary/aromatic N) is 5. The second kappa shape index (κ2) is 10.7. The van der Waals surface area contributed by atoms with Gasteiger partial charge in [-0.05, 0) is 30.7 Å². The van der Waals surface area contributed by atoms with Crippen LogP contribution in [-0.4, -0.2) is 33.0 Å².